The van der Waals surface area contributed by atoms with Crippen molar-refractivity contribution in [2.24, 2.45) is 0 Å². The molecule has 1 heteroatoms. The lowest BCUT2D eigenvalue weighted by Gasteiger charge is -1.99. The molecule has 1 N–H and O–H groups in total. The predicted molar refractivity (Wildman–Crippen MR) is 70.6 cm³/mol. The molecular weight excluding hydrogens is 194 g/mol. The highest BCUT2D eigenvalue weighted by molar-refractivity contribution is 6.08. The van der Waals surface area contributed by atoms with Crippen LogP contribution in [0.3, 0.4) is 0 Å². The molecule has 0 saturated heterocycles. The average Bonchev–Trinajstić information content (AvgIpc) is 2.68. The highest BCUT2D eigenvalue weighted by Crippen LogP contribution is 2.28. The van der Waals surface area contributed by atoms with Gasteiger partial charge in [0.25, 0.3) is 0 Å². The third-order valence-electron chi connectivity index (χ3n) is 3.07. The Morgan fingerprint density at radius 1 is 1.12 bits per heavy atom. The lowest BCUT2D eigenvalue weighted by molar-refractivity contribution is 1.45. The maximum absolute atomic E-state index is 3.83. The highest BCUT2D eigenvalue weighted by Gasteiger charge is 2.06. The van der Waals surface area contributed by atoms with Crippen LogP contribution in [0.25, 0.3) is 27.9 Å². The number of para-hydroxylation sites is 1. The zero-order valence-corrected chi connectivity index (χ0v) is 9.25. The summed E-state index contributed by atoms with van der Waals surface area (Å²) in [5.74, 6) is 0. The third kappa shape index (κ3) is 1.18. The van der Waals surface area contributed by atoms with Crippen molar-refractivity contribution in [1.29, 1.82) is 0 Å². The van der Waals surface area contributed by atoms with Gasteiger partial charge in [-0.05, 0) is 36.2 Å². The number of fused-ring (bicyclic) bond motifs is 3. The average molecular weight is 207 g/mol. The molecule has 0 spiro atoms. The first-order chi connectivity index (χ1) is 7.79. The van der Waals surface area contributed by atoms with E-state index >= 15 is 0 Å². The third-order valence-corrected chi connectivity index (χ3v) is 3.07. The predicted octanol–water partition coefficient (Wildman–Crippen LogP) is 4.27. The fourth-order valence-electron chi connectivity index (χ4n) is 2.27. The number of nitrogens with one attached hydrogen (secondary N) is 1. The number of hydrogen-bond acceptors (Lipinski definition) is 0. The van der Waals surface area contributed by atoms with Crippen molar-refractivity contribution >= 4 is 27.9 Å². The van der Waals surface area contributed by atoms with Crippen molar-refractivity contribution in [2.45, 2.75) is 6.92 Å². The molecule has 2 aromatic carbocycles. The molecule has 0 saturated carbocycles. The molecule has 0 fully saturated rings. The van der Waals surface area contributed by atoms with Crippen molar-refractivity contribution in [2.75, 3.05) is 0 Å². The Kier molecular flexibility index (Phi) is 1.87. The maximum Gasteiger partial charge on any atom is 0.0494 e. The van der Waals surface area contributed by atoms with E-state index in [1.165, 1.54) is 32.9 Å². The number of aryl methyl sites for hydroxylation is 1. The molecule has 0 bridgehead atoms. The van der Waals surface area contributed by atoms with E-state index in [0.29, 0.717) is 0 Å². The van der Waals surface area contributed by atoms with E-state index in [0.717, 1.165) is 0 Å². The van der Waals surface area contributed by atoms with E-state index in [9.17, 15) is 0 Å². The van der Waals surface area contributed by atoms with Gasteiger partial charge in [0.15, 0.2) is 0 Å². The molecular formula is C15H13N. The van der Waals surface area contributed by atoms with Crippen LogP contribution < -0.4 is 0 Å². The van der Waals surface area contributed by atoms with Gasteiger partial charge in [-0.1, -0.05) is 30.9 Å². The number of aromatic amines is 1. The van der Waals surface area contributed by atoms with E-state index in [4.69, 9.17) is 0 Å². The minimum Gasteiger partial charge on any atom is -0.354 e. The fraction of sp³-hybridized carbons (Fsp3) is 0.0667. The van der Waals surface area contributed by atoms with Gasteiger partial charge in [0.05, 0.1) is 0 Å². The SMILES string of the molecule is C=Cc1cc(C)c2[nH]c3ccccc3c2c1. The fourth-order valence-corrected chi connectivity index (χ4v) is 2.27. The number of rotatable bonds is 1. The normalized spacial score (nSPS) is 11.1. The molecule has 1 heterocycles. The zero-order valence-electron chi connectivity index (χ0n) is 9.25. The Balaban J connectivity index is 2.55. The molecule has 0 unspecified atom stereocenters. The van der Waals surface area contributed by atoms with Gasteiger partial charge in [0.2, 0.25) is 0 Å². The molecule has 3 rings (SSSR count). The molecule has 16 heavy (non-hydrogen) atoms. The van der Waals surface area contributed by atoms with E-state index in [1.807, 2.05) is 6.08 Å². The first-order valence-electron chi connectivity index (χ1n) is 5.43. The summed E-state index contributed by atoms with van der Waals surface area (Å²) in [7, 11) is 0. The van der Waals surface area contributed by atoms with Crippen LogP contribution in [-0.2, 0) is 0 Å². The Morgan fingerprint density at radius 2 is 1.94 bits per heavy atom. The lowest BCUT2D eigenvalue weighted by Crippen LogP contribution is -1.79. The van der Waals surface area contributed by atoms with Crippen molar-refractivity contribution in [1.82, 2.24) is 4.98 Å². The molecule has 0 aliphatic rings. The summed E-state index contributed by atoms with van der Waals surface area (Å²) in [6.45, 7) is 5.96. The summed E-state index contributed by atoms with van der Waals surface area (Å²) in [6.07, 6.45) is 1.90. The zero-order chi connectivity index (χ0) is 11.1. The monoisotopic (exact) mass is 207 g/mol. The Bertz CT molecular complexity index is 689. The van der Waals surface area contributed by atoms with Crippen LogP contribution in [0.4, 0.5) is 0 Å². The summed E-state index contributed by atoms with van der Waals surface area (Å²) in [6, 6.07) is 12.7. The Hall–Kier alpha value is -2.02. The number of hydrogen-bond donors (Lipinski definition) is 1. The van der Waals surface area contributed by atoms with Crippen LogP contribution in [0.5, 0.6) is 0 Å². The van der Waals surface area contributed by atoms with E-state index in [-0.39, 0.29) is 0 Å². The van der Waals surface area contributed by atoms with Gasteiger partial charge in [-0.2, -0.15) is 0 Å². The smallest absolute Gasteiger partial charge is 0.0494 e. The molecule has 0 aliphatic carbocycles. The molecule has 1 aromatic heterocycles. The van der Waals surface area contributed by atoms with Crippen molar-refractivity contribution < 1.29 is 0 Å². The van der Waals surface area contributed by atoms with Crippen LogP contribution >= 0.6 is 0 Å². The Labute approximate surface area is 94.4 Å². The van der Waals surface area contributed by atoms with Gasteiger partial charge < -0.3 is 4.98 Å². The summed E-state index contributed by atoms with van der Waals surface area (Å²) < 4.78 is 0. The van der Waals surface area contributed by atoms with Crippen molar-refractivity contribution in [3.8, 4) is 0 Å². The van der Waals surface area contributed by atoms with Crippen molar-refractivity contribution in [3.63, 3.8) is 0 Å². The minimum atomic E-state index is 1.18. The molecule has 1 nitrogen and oxygen atoms in total. The largest absolute Gasteiger partial charge is 0.354 e. The second-order valence-corrected chi connectivity index (χ2v) is 4.14. The van der Waals surface area contributed by atoms with Gasteiger partial charge >= 0.3 is 0 Å². The van der Waals surface area contributed by atoms with Gasteiger partial charge in [-0.25, -0.2) is 0 Å². The van der Waals surface area contributed by atoms with Crippen LogP contribution in [0.15, 0.2) is 43.0 Å². The van der Waals surface area contributed by atoms with Crippen LogP contribution in [-0.4, -0.2) is 4.98 Å². The quantitative estimate of drug-likeness (QED) is 0.613. The van der Waals surface area contributed by atoms with Gasteiger partial charge in [0, 0.05) is 21.8 Å². The van der Waals surface area contributed by atoms with Crippen LogP contribution in [0.2, 0.25) is 0 Å². The molecule has 78 valence electrons. The Morgan fingerprint density at radius 3 is 2.75 bits per heavy atom. The molecule has 0 aliphatic heterocycles. The number of benzene rings is 2. The second-order valence-electron chi connectivity index (χ2n) is 4.14. The van der Waals surface area contributed by atoms with E-state index in [1.54, 1.807) is 0 Å². The summed E-state index contributed by atoms with van der Waals surface area (Å²) in [4.78, 5) is 3.46. The molecule has 0 amide bonds. The summed E-state index contributed by atoms with van der Waals surface area (Å²) >= 11 is 0. The van der Waals surface area contributed by atoms with Gasteiger partial charge in [0.1, 0.15) is 0 Å². The maximum atomic E-state index is 3.83. The molecule has 0 atom stereocenters. The first-order valence-corrected chi connectivity index (χ1v) is 5.43. The van der Waals surface area contributed by atoms with Crippen LogP contribution in [0, 0.1) is 6.92 Å². The van der Waals surface area contributed by atoms with E-state index < -0.39 is 0 Å². The number of aromatic nitrogens is 1. The standard InChI is InChI=1S/C15H13N/c1-3-11-8-10(2)15-13(9-11)12-6-4-5-7-14(12)16-15/h3-9,16H,1H2,2H3. The topological polar surface area (TPSA) is 15.8 Å². The molecule has 0 radical (unpaired) electrons. The van der Waals surface area contributed by atoms with Gasteiger partial charge in [-0.15, -0.1) is 0 Å². The first kappa shape index (κ1) is 9.22. The van der Waals surface area contributed by atoms with Crippen LogP contribution in [0.1, 0.15) is 11.1 Å². The van der Waals surface area contributed by atoms with Gasteiger partial charge in [-0.3, -0.25) is 0 Å². The lowest BCUT2D eigenvalue weighted by atomic mass is 10.1. The summed E-state index contributed by atoms with van der Waals surface area (Å²) in [5.41, 5.74) is 4.87. The highest BCUT2D eigenvalue weighted by atomic mass is 14.7. The van der Waals surface area contributed by atoms with Crippen molar-refractivity contribution in [3.05, 3.63) is 54.1 Å². The molecule has 3 aromatic rings. The number of H-pyrrole nitrogens is 1. The second kappa shape index (κ2) is 3.24. The van der Waals surface area contributed by atoms with E-state index in [2.05, 4.69) is 54.9 Å². The minimum absolute atomic E-state index is 1.18. The summed E-state index contributed by atoms with van der Waals surface area (Å²) in [5, 5.41) is 2.56.